The maximum Gasteiger partial charge on any atom is 0.227 e. The van der Waals surface area contributed by atoms with E-state index in [2.05, 4.69) is 4.98 Å². The quantitative estimate of drug-likeness (QED) is 0.534. The Kier molecular flexibility index (Phi) is 2.64. The van der Waals surface area contributed by atoms with Crippen molar-refractivity contribution in [2.75, 3.05) is 7.11 Å². The Balaban J connectivity index is 2.06. The molecule has 21 heavy (non-hydrogen) atoms. The van der Waals surface area contributed by atoms with E-state index in [0.717, 1.165) is 33.2 Å². The lowest BCUT2D eigenvalue weighted by atomic mass is 10.1. The van der Waals surface area contributed by atoms with Gasteiger partial charge in [0, 0.05) is 22.4 Å². The van der Waals surface area contributed by atoms with E-state index >= 15 is 0 Å². The second-order valence-electron chi connectivity index (χ2n) is 4.86. The highest BCUT2D eigenvalue weighted by atomic mass is 16.5. The van der Waals surface area contributed by atoms with Gasteiger partial charge in [-0.15, -0.1) is 0 Å². The van der Waals surface area contributed by atoms with Gasteiger partial charge < -0.3 is 9.15 Å². The highest BCUT2D eigenvalue weighted by molar-refractivity contribution is 6.06. The van der Waals surface area contributed by atoms with E-state index in [4.69, 9.17) is 9.15 Å². The molecule has 3 heteroatoms. The van der Waals surface area contributed by atoms with Crippen molar-refractivity contribution in [2.24, 2.45) is 0 Å². The predicted molar refractivity (Wildman–Crippen MR) is 83.5 cm³/mol. The van der Waals surface area contributed by atoms with Crippen LogP contribution in [0.15, 0.2) is 65.1 Å². The Bertz CT molecular complexity index is 926. The van der Waals surface area contributed by atoms with E-state index < -0.39 is 0 Å². The second-order valence-corrected chi connectivity index (χ2v) is 4.86. The zero-order chi connectivity index (χ0) is 14.2. The van der Waals surface area contributed by atoms with Gasteiger partial charge in [0.15, 0.2) is 5.58 Å². The van der Waals surface area contributed by atoms with Crippen LogP contribution in [-0.2, 0) is 0 Å². The van der Waals surface area contributed by atoms with Gasteiger partial charge >= 0.3 is 0 Å². The summed E-state index contributed by atoms with van der Waals surface area (Å²) in [5, 5.41) is 2.05. The lowest BCUT2D eigenvalue weighted by Crippen LogP contribution is -1.85. The largest absolute Gasteiger partial charge is 0.496 e. The molecule has 0 unspecified atom stereocenters. The van der Waals surface area contributed by atoms with Gasteiger partial charge in [-0.2, -0.15) is 0 Å². The number of hydrogen-bond acceptors (Lipinski definition) is 3. The smallest absolute Gasteiger partial charge is 0.227 e. The summed E-state index contributed by atoms with van der Waals surface area (Å²) in [5.41, 5.74) is 2.58. The third-order valence-corrected chi connectivity index (χ3v) is 3.60. The van der Waals surface area contributed by atoms with Gasteiger partial charge in [0.2, 0.25) is 5.89 Å². The van der Waals surface area contributed by atoms with Crippen LogP contribution in [0.1, 0.15) is 0 Å². The van der Waals surface area contributed by atoms with Crippen molar-refractivity contribution in [1.29, 1.82) is 0 Å². The van der Waals surface area contributed by atoms with Gasteiger partial charge in [-0.1, -0.05) is 42.5 Å². The van der Waals surface area contributed by atoms with Crippen molar-refractivity contribution >= 4 is 21.9 Å². The van der Waals surface area contributed by atoms with Gasteiger partial charge in [-0.25, -0.2) is 4.98 Å². The molecule has 0 aliphatic rings. The molecule has 0 N–H and O–H groups in total. The molecule has 4 aromatic rings. The molecule has 3 aromatic carbocycles. The fourth-order valence-electron chi connectivity index (χ4n) is 2.59. The van der Waals surface area contributed by atoms with E-state index in [1.807, 2.05) is 60.7 Å². The molecular weight excluding hydrogens is 262 g/mol. The molecule has 0 aliphatic heterocycles. The third-order valence-electron chi connectivity index (χ3n) is 3.60. The molecule has 0 saturated carbocycles. The van der Waals surface area contributed by atoms with Crippen LogP contribution in [0.2, 0.25) is 0 Å². The Morgan fingerprint density at radius 2 is 1.62 bits per heavy atom. The number of ether oxygens (including phenoxy) is 1. The lowest BCUT2D eigenvalue weighted by molar-refractivity contribution is 0.420. The molecule has 0 bridgehead atoms. The summed E-state index contributed by atoms with van der Waals surface area (Å²) in [6, 6.07) is 19.9. The number of rotatable bonds is 2. The summed E-state index contributed by atoms with van der Waals surface area (Å²) in [6.45, 7) is 0. The predicted octanol–water partition coefficient (Wildman–Crippen LogP) is 4.66. The summed E-state index contributed by atoms with van der Waals surface area (Å²) in [6.07, 6.45) is 0. The molecule has 1 heterocycles. The topological polar surface area (TPSA) is 35.3 Å². The van der Waals surface area contributed by atoms with E-state index in [1.54, 1.807) is 7.11 Å². The molecule has 4 rings (SSSR count). The summed E-state index contributed by atoms with van der Waals surface area (Å²) < 4.78 is 11.5. The molecule has 0 saturated heterocycles. The van der Waals surface area contributed by atoms with Crippen molar-refractivity contribution in [3.63, 3.8) is 0 Å². The molecular formula is C18H13NO2. The van der Waals surface area contributed by atoms with Crippen LogP contribution in [0.25, 0.3) is 33.3 Å². The average Bonchev–Trinajstić information content (AvgIpc) is 2.99. The first-order chi connectivity index (χ1) is 10.4. The first kappa shape index (κ1) is 12.0. The Morgan fingerprint density at radius 1 is 0.905 bits per heavy atom. The summed E-state index contributed by atoms with van der Waals surface area (Å²) >= 11 is 0. The van der Waals surface area contributed by atoms with Gasteiger partial charge in [-0.3, -0.25) is 0 Å². The average molecular weight is 275 g/mol. The molecule has 1 aromatic heterocycles. The fraction of sp³-hybridized carbons (Fsp3) is 0.0556. The highest BCUT2D eigenvalue weighted by Crippen LogP contribution is 2.35. The second kappa shape index (κ2) is 4.63. The van der Waals surface area contributed by atoms with Crippen LogP contribution < -0.4 is 4.74 Å². The Hall–Kier alpha value is -2.81. The first-order valence-corrected chi connectivity index (χ1v) is 6.78. The zero-order valence-electron chi connectivity index (χ0n) is 11.5. The van der Waals surface area contributed by atoms with Crippen molar-refractivity contribution in [1.82, 2.24) is 4.98 Å². The van der Waals surface area contributed by atoms with E-state index in [0.29, 0.717) is 5.89 Å². The molecule has 0 fully saturated rings. The van der Waals surface area contributed by atoms with Crippen LogP contribution >= 0.6 is 0 Å². The van der Waals surface area contributed by atoms with Crippen molar-refractivity contribution in [3.8, 4) is 17.2 Å². The highest BCUT2D eigenvalue weighted by Gasteiger charge is 2.13. The van der Waals surface area contributed by atoms with E-state index in [1.165, 1.54) is 0 Å². The number of fused-ring (bicyclic) bond motifs is 3. The minimum absolute atomic E-state index is 0.629. The SMILES string of the molecule is COc1cc2nc(-c3ccccc3)oc2c2ccccc12. The summed E-state index contributed by atoms with van der Waals surface area (Å²) in [7, 11) is 1.67. The minimum atomic E-state index is 0.629. The lowest BCUT2D eigenvalue weighted by Gasteiger charge is -2.04. The number of oxazole rings is 1. The molecule has 0 amide bonds. The van der Waals surface area contributed by atoms with Crippen molar-refractivity contribution < 1.29 is 9.15 Å². The zero-order valence-corrected chi connectivity index (χ0v) is 11.5. The Labute approximate surface area is 121 Å². The summed E-state index contributed by atoms with van der Waals surface area (Å²) in [4.78, 5) is 4.60. The molecule has 0 radical (unpaired) electrons. The first-order valence-electron chi connectivity index (χ1n) is 6.78. The van der Waals surface area contributed by atoms with Gasteiger partial charge in [-0.05, 0) is 12.1 Å². The normalized spacial score (nSPS) is 11.1. The molecule has 102 valence electrons. The maximum absolute atomic E-state index is 6.00. The molecule has 0 aliphatic carbocycles. The molecule has 3 nitrogen and oxygen atoms in total. The van der Waals surface area contributed by atoms with Crippen LogP contribution in [-0.4, -0.2) is 12.1 Å². The van der Waals surface area contributed by atoms with Crippen LogP contribution in [0.5, 0.6) is 5.75 Å². The van der Waals surface area contributed by atoms with E-state index in [-0.39, 0.29) is 0 Å². The van der Waals surface area contributed by atoms with Crippen LogP contribution in [0.4, 0.5) is 0 Å². The molecule has 0 atom stereocenters. The third kappa shape index (κ3) is 1.86. The summed E-state index contributed by atoms with van der Waals surface area (Å²) in [5.74, 6) is 1.44. The van der Waals surface area contributed by atoms with Crippen LogP contribution in [0, 0.1) is 0 Å². The maximum atomic E-state index is 6.00. The standard InChI is InChI=1S/C18H13NO2/c1-20-16-11-15-17(14-10-6-5-9-13(14)16)21-18(19-15)12-7-3-2-4-8-12/h2-11H,1H3. The monoisotopic (exact) mass is 275 g/mol. The number of benzene rings is 3. The van der Waals surface area contributed by atoms with Crippen molar-refractivity contribution in [2.45, 2.75) is 0 Å². The van der Waals surface area contributed by atoms with Gasteiger partial charge in [0.05, 0.1) is 7.11 Å². The van der Waals surface area contributed by atoms with Crippen molar-refractivity contribution in [3.05, 3.63) is 60.7 Å². The fourth-order valence-corrected chi connectivity index (χ4v) is 2.59. The van der Waals surface area contributed by atoms with Gasteiger partial charge in [0.25, 0.3) is 0 Å². The Morgan fingerprint density at radius 3 is 2.38 bits per heavy atom. The molecule has 0 spiro atoms. The number of hydrogen-bond donors (Lipinski definition) is 0. The van der Waals surface area contributed by atoms with Gasteiger partial charge in [0.1, 0.15) is 11.3 Å². The van der Waals surface area contributed by atoms with E-state index in [9.17, 15) is 0 Å². The number of aromatic nitrogens is 1. The number of nitrogens with zero attached hydrogens (tertiary/aromatic N) is 1. The number of methoxy groups -OCH3 is 1. The van der Waals surface area contributed by atoms with Crippen LogP contribution in [0.3, 0.4) is 0 Å². The minimum Gasteiger partial charge on any atom is -0.496 e.